The molecule has 1 fully saturated rings. The molecule has 1 aromatic heterocycles. The first-order valence-electron chi connectivity index (χ1n) is 10.9. The SMILES string of the molecule is COc1cccc(OC)c1OCC(=O)N1CCCC(c2ncc(Cc3ccccc3Cl)o2)C1. The summed E-state index contributed by atoms with van der Waals surface area (Å²) in [5.74, 6) is 2.81. The van der Waals surface area contributed by atoms with Gasteiger partial charge < -0.3 is 23.5 Å². The van der Waals surface area contributed by atoms with Crippen molar-refractivity contribution in [3.05, 3.63) is 70.9 Å². The molecule has 4 rings (SSSR count). The second kappa shape index (κ2) is 10.6. The fourth-order valence-electron chi connectivity index (χ4n) is 4.01. The zero-order valence-electron chi connectivity index (χ0n) is 18.8. The smallest absolute Gasteiger partial charge is 0.260 e. The van der Waals surface area contributed by atoms with Crippen molar-refractivity contribution in [3.63, 3.8) is 0 Å². The van der Waals surface area contributed by atoms with Gasteiger partial charge in [0.2, 0.25) is 5.75 Å². The van der Waals surface area contributed by atoms with Crippen LogP contribution in [0.2, 0.25) is 5.02 Å². The second-order valence-electron chi connectivity index (χ2n) is 7.89. The van der Waals surface area contributed by atoms with E-state index in [4.69, 9.17) is 30.2 Å². The van der Waals surface area contributed by atoms with E-state index in [9.17, 15) is 4.79 Å². The lowest BCUT2D eigenvalue weighted by molar-refractivity contribution is -0.134. The molecule has 0 N–H and O–H groups in total. The Morgan fingerprint density at radius 3 is 2.64 bits per heavy atom. The Bertz CT molecular complexity index is 1080. The lowest BCUT2D eigenvalue weighted by Gasteiger charge is -2.31. The maximum absolute atomic E-state index is 12.9. The average Bonchev–Trinajstić information content (AvgIpc) is 3.32. The van der Waals surface area contributed by atoms with Gasteiger partial charge >= 0.3 is 0 Å². The van der Waals surface area contributed by atoms with Gasteiger partial charge in [-0.05, 0) is 36.6 Å². The van der Waals surface area contributed by atoms with E-state index in [2.05, 4.69) is 4.98 Å². The molecular weight excluding hydrogens is 444 g/mol. The number of halogens is 1. The van der Waals surface area contributed by atoms with Crippen LogP contribution < -0.4 is 14.2 Å². The number of likely N-dealkylation sites (tertiary alicyclic amines) is 1. The molecule has 1 amide bonds. The fraction of sp³-hybridized carbons (Fsp3) is 0.360. The van der Waals surface area contributed by atoms with E-state index in [0.717, 1.165) is 24.2 Å². The largest absolute Gasteiger partial charge is 0.493 e. The third-order valence-electron chi connectivity index (χ3n) is 5.74. The van der Waals surface area contributed by atoms with E-state index in [1.54, 1.807) is 43.5 Å². The van der Waals surface area contributed by atoms with Gasteiger partial charge in [0.25, 0.3) is 5.91 Å². The number of ether oxygens (including phenoxy) is 3. The van der Waals surface area contributed by atoms with Crippen LogP contribution in [0.5, 0.6) is 17.2 Å². The van der Waals surface area contributed by atoms with Crippen LogP contribution in [0.4, 0.5) is 0 Å². The standard InChI is InChI=1S/C25H27ClN2O5/c1-30-21-10-5-11-22(31-2)24(21)32-16-23(29)28-12-6-8-18(15-28)25-27-14-19(33-25)13-17-7-3-4-9-20(17)26/h3-5,7,9-11,14,18H,6,8,12-13,15-16H2,1-2H3. The predicted octanol–water partition coefficient (Wildman–Crippen LogP) is 4.72. The number of rotatable bonds is 8. The number of carbonyl (C=O) groups excluding carboxylic acids is 1. The predicted molar refractivity (Wildman–Crippen MR) is 124 cm³/mol. The Hall–Kier alpha value is -3.19. The van der Waals surface area contributed by atoms with Crippen LogP contribution >= 0.6 is 11.6 Å². The van der Waals surface area contributed by atoms with E-state index in [1.165, 1.54) is 0 Å². The first-order valence-corrected chi connectivity index (χ1v) is 11.3. The van der Waals surface area contributed by atoms with Gasteiger partial charge in [-0.3, -0.25) is 4.79 Å². The molecular formula is C25H27ClN2O5. The number of benzene rings is 2. The number of hydrogen-bond donors (Lipinski definition) is 0. The minimum Gasteiger partial charge on any atom is -0.493 e. The van der Waals surface area contributed by atoms with Gasteiger partial charge in [0.15, 0.2) is 24.0 Å². The summed E-state index contributed by atoms with van der Waals surface area (Å²) in [4.78, 5) is 19.2. The fourth-order valence-corrected chi connectivity index (χ4v) is 4.21. The summed E-state index contributed by atoms with van der Waals surface area (Å²) in [6, 6.07) is 13.0. The van der Waals surface area contributed by atoms with Gasteiger partial charge in [0, 0.05) is 24.5 Å². The molecule has 1 aliphatic rings. The van der Waals surface area contributed by atoms with E-state index >= 15 is 0 Å². The summed E-state index contributed by atoms with van der Waals surface area (Å²) < 4.78 is 22.5. The molecule has 3 aromatic rings. The summed E-state index contributed by atoms with van der Waals surface area (Å²) in [7, 11) is 3.10. The molecule has 1 aliphatic heterocycles. The van der Waals surface area contributed by atoms with E-state index < -0.39 is 0 Å². The van der Waals surface area contributed by atoms with Crippen molar-refractivity contribution >= 4 is 17.5 Å². The normalized spacial score (nSPS) is 15.8. The molecule has 174 valence electrons. The molecule has 2 aromatic carbocycles. The molecule has 0 spiro atoms. The number of carbonyl (C=O) groups is 1. The van der Waals surface area contributed by atoms with E-state index in [0.29, 0.717) is 47.7 Å². The molecule has 1 atom stereocenters. The molecule has 0 saturated carbocycles. The topological polar surface area (TPSA) is 74.0 Å². The number of oxazole rings is 1. The number of para-hydroxylation sites is 1. The maximum Gasteiger partial charge on any atom is 0.260 e. The number of nitrogens with zero attached hydrogens (tertiary/aromatic N) is 2. The highest BCUT2D eigenvalue weighted by molar-refractivity contribution is 6.31. The van der Waals surface area contributed by atoms with Gasteiger partial charge in [0.1, 0.15) is 5.76 Å². The zero-order chi connectivity index (χ0) is 23.2. The van der Waals surface area contributed by atoms with Crippen molar-refractivity contribution in [2.75, 3.05) is 33.9 Å². The lowest BCUT2D eigenvalue weighted by atomic mass is 9.98. The minimum absolute atomic E-state index is 0.0449. The molecule has 1 unspecified atom stereocenters. The van der Waals surface area contributed by atoms with Crippen LogP contribution in [-0.2, 0) is 11.2 Å². The number of amides is 1. The van der Waals surface area contributed by atoms with Crippen LogP contribution in [0.3, 0.4) is 0 Å². The molecule has 0 radical (unpaired) electrons. The third kappa shape index (κ3) is 5.42. The van der Waals surface area contributed by atoms with Gasteiger partial charge in [-0.1, -0.05) is 35.9 Å². The van der Waals surface area contributed by atoms with Crippen molar-refractivity contribution in [2.24, 2.45) is 0 Å². The first-order chi connectivity index (χ1) is 16.1. The minimum atomic E-state index is -0.104. The Labute approximate surface area is 198 Å². The molecule has 7 nitrogen and oxygen atoms in total. The molecule has 2 heterocycles. The first kappa shape index (κ1) is 23.0. The number of hydrogen-bond acceptors (Lipinski definition) is 6. The summed E-state index contributed by atoms with van der Waals surface area (Å²) in [6.07, 6.45) is 4.11. The van der Waals surface area contributed by atoms with Crippen molar-refractivity contribution in [2.45, 2.75) is 25.2 Å². The average molecular weight is 471 g/mol. The summed E-state index contributed by atoms with van der Waals surface area (Å²) in [5, 5.41) is 0.705. The van der Waals surface area contributed by atoms with E-state index in [-0.39, 0.29) is 18.4 Å². The Kier molecular flexibility index (Phi) is 7.40. The van der Waals surface area contributed by atoms with Crippen LogP contribution in [-0.4, -0.2) is 49.7 Å². The summed E-state index contributed by atoms with van der Waals surface area (Å²) >= 11 is 6.26. The van der Waals surface area contributed by atoms with Crippen molar-refractivity contribution in [1.29, 1.82) is 0 Å². The summed E-state index contributed by atoms with van der Waals surface area (Å²) in [6.45, 7) is 1.11. The number of methoxy groups -OCH3 is 2. The quantitative estimate of drug-likeness (QED) is 0.474. The Morgan fingerprint density at radius 2 is 1.91 bits per heavy atom. The summed E-state index contributed by atoms with van der Waals surface area (Å²) in [5.41, 5.74) is 0.992. The number of piperidine rings is 1. The van der Waals surface area contributed by atoms with Crippen LogP contribution in [0.25, 0.3) is 0 Å². The van der Waals surface area contributed by atoms with Crippen molar-refractivity contribution in [1.82, 2.24) is 9.88 Å². The monoisotopic (exact) mass is 470 g/mol. The maximum atomic E-state index is 12.9. The van der Waals surface area contributed by atoms with E-state index in [1.807, 2.05) is 24.3 Å². The third-order valence-corrected chi connectivity index (χ3v) is 6.11. The van der Waals surface area contributed by atoms with Gasteiger partial charge in [-0.2, -0.15) is 0 Å². The van der Waals surface area contributed by atoms with Crippen LogP contribution in [0, 0.1) is 0 Å². The Morgan fingerprint density at radius 1 is 1.15 bits per heavy atom. The zero-order valence-corrected chi connectivity index (χ0v) is 19.5. The second-order valence-corrected chi connectivity index (χ2v) is 8.30. The molecule has 33 heavy (non-hydrogen) atoms. The number of aromatic nitrogens is 1. The molecule has 8 heteroatoms. The van der Waals surface area contributed by atoms with Gasteiger partial charge in [0.05, 0.1) is 26.3 Å². The highest BCUT2D eigenvalue weighted by Crippen LogP contribution is 2.37. The van der Waals surface area contributed by atoms with Crippen LogP contribution in [0.1, 0.15) is 36.0 Å². The highest BCUT2D eigenvalue weighted by atomic mass is 35.5. The van der Waals surface area contributed by atoms with Gasteiger partial charge in [-0.25, -0.2) is 4.98 Å². The van der Waals surface area contributed by atoms with Crippen molar-refractivity contribution in [3.8, 4) is 17.2 Å². The Balaban J connectivity index is 1.38. The van der Waals surface area contributed by atoms with Gasteiger partial charge in [-0.15, -0.1) is 0 Å². The molecule has 0 aliphatic carbocycles. The highest BCUT2D eigenvalue weighted by Gasteiger charge is 2.28. The molecule has 1 saturated heterocycles. The lowest BCUT2D eigenvalue weighted by Crippen LogP contribution is -2.41. The van der Waals surface area contributed by atoms with Crippen LogP contribution in [0.15, 0.2) is 53.1 Å². The molecule has 0 bridgehead atoms. The van der Waals surface area contributed by atoms with Crippen molar-refractivity contribution < 1.29 is 23.4 Å².